The summed E-state index contributed by atoms with van der Waals surface area (Å²) in [6.07, 6.45) is -1.09. The van der Waals surface area contributed by atoms with Crippen LogP contribution < -0.4 is 5.32 Å². The molecule has 20 heavy (non-hydrogen) atoms. The summed E-state index contributed by atoms with van der Waals surface area (Å²) in [6.45, 7) is 3.06. The second-order valence-electron chi connectivity index (χ2n) is 5.98. The Morgan fingerprint density at radius 3 is 2.50 bits per heavy atom. The van der Waals surface area contributed by atoms with Gasteiger partial charge in [-0.3, -0.25) is 10.1 Å². The first-order valence-electron chi connectivity index (χ1n) is 7.10. The van der Waals surface area contributed by atoms with E-state index in [1.165, 1.54) is 7.11 Å². The third kappa shape index (κ3) is 4.65. The fraction of sp³-hybridized carbons (Fsp3) is 0.929. The largest absolute Gasteiger partial charge is 0.468 e. The van der Waals surface area contributed by atoms with Crippen LogP contribution in [0.4, 0.5) is 13.2 Å². The lowest BCUT2D eigenvalue weighted by Gasteiger charge is -2.31. The molecule has 0 aliphatic heterocycles. The zero-order valence-electron chi connectivity index (χ0n) is 12.3. The molecule has 1 N–H and O–H groups in total. The van der Waals surface area contributed by atoms with Crippen LogP contribution in [0.3, 0.4) is 0 Å². The lowest BCUT2D eigenvalue weighted by atomic mass is 9.86. The third-order valence-electron chi connectivity index (χ3n) is 4.27. The quantitative estimate of drug-likeness (QED) is 0.639. The summed E-state index contributed by atoms with van der Waals surface area (Å²) in [5, 5.41) is 2.43. The van der Waals surface area contributed by atoms with Gasteiger partial charge < -0.3 is 4.74 Å². The van der Waals surface area contributed by atoms with E-state index in [-0.39, 0.29) is 0 Å². The summed E-state index contributed by atoms with van der Waals surface area (Å²) < 4.78 is 42.1. The first-order chi connectivity index (χ1) is 9.20. The summed E-state index contributed by atoms with van der Waals surface area (Å²) in [7, 11) is 1.23. The summed E-state index contributed by atoms with van der Waals surface area (Å²) in [5.41, 5.74) is -1.19. The van der Waals surface area contributed by atoms with E-state index in [1.807, 2.05) is 0 Å². The number of rotatable bonds is 4. The number of esters is 1. The van der Waals surface area contributed by atoms with Gasteiger partial charge in [0.1, 0.15) is 5.54 Å². The van der Waals surface area contributed by atoms with E-state index in [9.17, 15) is 18.0 Å². The maximum Gasteiger partial charge on any atom is 0.401 e. The molecule has 1 fully saturated rings. The van der Waals surface area contributed by atoms with E-state index >= 15 is 0 Å². The highest BCUT2D eigenvalue weighted by Crippen LogP contribution is 2.35. The number of hydrogen-bond acceptors (Lipinski definition) is 3. The second-order valence-corrected chi connectivity index (χ2v) is 5.98. The number of ether oxygens (including phenoxy) is 1. The molecule has 3 nitrogen and oxygen atoms in total. The van der Waals surface area contributed by atoms with Gasteiger partial charge in [-0.1, -0.05) is 26.7 Å². The Morgan fingerprint density at radius 2 is 2.00 bits per heavy atom. The maximum atomic E-state index is 12.4. The molecular weight excluding hydrogens is 271 g/mol. The molecule has 0 spiro atoms. The van der Waals surface area contributed by atoms with E-state index in [2.05, 4.69) is 19.2 Å². The zero-order chi connectivity index (χ0) is 15.4. The van der Waals surface area contributed by atoms with Gasteiger partial charge in [-0.25, -0.2) is 0 Å². The highest BCUT2D eigenvalue weighted by molar-refractivity contribution is 5.80. The Hall–Kier alpha value is -0.780. The van der Waals surface area contributed by atoms with Crippen LogP contribution >= 0.6 is 0 Å². The molecule has 1 rings (SSSR count). The Balaban J connectivity index is 2.81. The number of halogens is 3. The van der Waals surface area contributed by atoms with Crippen molar-refractivity contribution in [3.8, 4) is 0 Å². The third-order valence-corrected chi connectivity index (χ3v) is 4.27. The van der Waals surface area contributed by atoms with Crippen molar-refractivity contribution in [1.29, 1.82) is 0 Å². The fourth-order valence-electron chi connectivity index (χ4n) is 2.95. The van der Waals surface area contributed by atoms with Crippen LogP contribution in [0.1, 0.15) is 46.0 Å². The van der Waals surface area contributed by atoms with Crippen LogP contribution in [0.2, 0.25) is 0 Å². The summed E-state index contributed by atoms with van der Waals surface area (Å²) in [6, 6.07) is 0. The smallest absolute Gasteiger partial charge is 0.401 e. The Bertz CT molecular complexity index is 331. The van der Waals surface area contributed by atoms with Crippen molar-refractivity contribution in [3.05, 3.63) is 0 Å². The Kier molecular flexibility index (Phi) is 5.86. The van der Waals surface area contributed by atoms with Crippen molar-refractivity contribution < 1.29 is 22.7 Å². The van der Waals surface area contributed by atoms with Crippen molar-refractivity contribution in [3.63, 3.8) is 0 Å². The van der Waals surface area contributed by atoms with E-state index in [0.29, 0.717) is 24.7 Å². The summed E-state index contributed by atoms with van der Waals surface area (Å²) >= 11 is 0. The number of nitrogens with one attached hydrogen (secondary N) is 1. The number of carbonyl (C=O) groups is 1. The van der Waals surface area contributed by atoms with Gasteiger partial charge in [0.05, 0.1) is 13.7 Å². The number of hydrogen-bond donors (Lipinski definition) is 1. The van der Waals surface area contributed by atoms with Gasteiger partial charge in [-0.2, -0.15) is 13.2 Å². The number of alkyl halides is 3. The highest BCUT2D eigenvalue weighted by Gasteiger charge is 2.43. The predicted octanol–water partition coefficient (Wildman–Crippen LogP) is 3.29. The van der Waals surface area contributed by atoms with Crippen molar-refractivity contribution in [2.75, 3.05) is 13.7 Å². The normalized spacial score (nSPS) is 28.2. The molecule has 118 valence electrons. The van der Waals surface area contributed by atoms with Gasteiger partial charge in [-0.15, -0.1) is 0 Å². The minimum Gasteiger partial charge on any atom is -0.468 e. The maximum absolute atomic E-state index is 12.4. The zero-order valence-corrected chi connectivity index (χ0v) is 12.3. The molecule has 0 aromatic rings. The van der Waals surface area contributed by atoms with Gasteiger partial charge in [0.25, 0.3) is 0 Å². The van der Waals surface area contributed by atoms with E-state index in [0.717, 1.165) is 19.3 Å². The van der Waals surface area contributed by atoms with Gasteiger partial charge in [-0.05, 0) is 31.1 Å². The SMILES string of the molecule is COC(=O)C1(NCC(F)(F)F)CCCC(C(C)C)CC1. The van der Waals surface area contributed by atoms with Gasteiger partial charge in [0.15, 0.2) is 0 Å². The first kappa shape index (κ1) is 17.3. The monoisotopic (exact) mass is 295 g/mol. The second kappa shape index (κ2) is 6.78. The van der Waals surface area contributed by atoms with Crippen LogP contribution in [-0.4, -0.2) is 31.3 Å². The number of carbonyl (C=O) groups excluding carboxylic acids is 1. The predicted molar refractivity (Wildman–Crippen MR) is 70.2 cm³/mol. The van der Waals surface area contributed by atoms with Crippen LogP contribution in [0.5, 0.6) is 0 Å². The standard InChI is InChI=1S/C14H24F3NO2/c1-10(2)11-5-4-7-13(8-6-11,12(19)20-3)18-9-14(15,16)17/h10-11,18H,4-9H2,1-3H3. The van der Waals surface area contributed by atoms with Crippen LogP contribution in [0, 0.1) is 11.8 Å². The molecular formula is C14H24F3NO2. The van der Waals surface area contributed by atoms with Crippen molar-refractivity contribution in [2.45, 2.75) is 57.7 Å². The van der Waals surface area contributed by atoms with Crippen molar-refractivity contribution in [2.24, 2.45) is 11.8 Å². The summed E-state index contributed by atoms with van der Waals surface area (Å²) in [5.74, 6) is 0.353. The molecule has 2 unspecified atom stereocenters. The molecule has 0 amide bonds. The van der Waals surface area contributed by atoms with E-state index < -0.39 is 24.2 Å². The fourth-order valence-corrected chi connectivity index (χ4v) is 2.95. The minimum absolute atomic E-state index is 0.401. The topological polar surface area (TPSA) is 38.3 Å². The molecule has 6 heteroatoms. The molecule has 1 saturated carbocycles. The van der Waals surface area contributed by atoms with Crippen LogP contribution in [0.15, 0.2) is 0 Å². The van der Waals surface area contributed by atoms with Gasteiger partial charge in [0, 0.05) is 0 Å². The lowest BCUT2D eigenvalue weighted by Crippen LogP contribution is -2.55. The van der Waals surface area contributed by atoms with Gasteiger partial charge in [0.2, 0.25) is 0 Å². The Labute approximate surface area is 118 Å². The Morgan fingerprint density at radius 1 is 1.35 bits per heavy atom. The van der Waals surface area contributed by atoms with Crippen LogP contribution in [0.25, 0.3) is 0 Å². The van der Waals surface area contributed by atoms with E-state index in [1.54, 1.807) is 0 Å². The first-order valence-corrected chi connectivity index (χ1v) is 7.10. The molecule has 0 aromatic heterocycles. The molecule has 1 aliphatic rings. The van der Waals surface area contributed by atoms with Crippen molar-refractivity contribution in [1.82, 2.24) is 5.32 Å². The average molecular weight is 295 g/mol. The molecule has 0 heterocycles. The molecule has 0 radical (unpaired) electrons. The molecule has 1 aliphatic carbocycles. The van der Waals surface area contributed by atoms with Gasteiger partial charge >= 0.3 is 12.1 Å². The molecule has 0 aromatic carbocycles. The summed E-state index contributed by atoms with van der Waals surface area (Å²) in [4.78, 5) is 12.0. The molecule has 0 saturated heterocycles. The molecule has 2 atom stereocenters. The van der Waals surface area contributed by atoms with E-state index in [4.69, 9.17) is 4.74 Å². The average Bonchev–Trinajstić information content (AvgIpc) is 2.58. The highest BCUT2D eigenvalue weighted by atomic mass is 19.4. The molecule has 0 bridgehead atoms. The van der Waals surface area contributed by atoms with Crippen LogP contribution in [-0.2, 0) is 9.53 Å². The minimum atomic E-state index is -4.33. The van der Waals surface area contributed by atoms with Crippen molar-refractivity contribution >= 4 is 5.97 Å². The number of methoxy groups -OCH3 is 1. The lowest BCUT2D eigenvalue weighted by molar-refractivity contribution is -0.154.